The number of fused-ring (bicyclic) bond motifs is 3. The van der Waals surface area contributed by atoms with Crippen LogP contribution in [0.4, 0.5) is 18.9 Å². The fourth-order valence-corrected chi connectivity index (χ4v) is 6.67. The van der Waals surface area contributed by atoms with Crippen LogP contribution in [0.15, 0.2) is 60.7 Å². The molecule has 5 aromatic rings. The predicted octanol–water partition coefficient (Wildman–Crippen LogP) is 3.58. The summed E-state index contributed by atoms with van der Waals surface area (Å²) in [5.41, 5.74) is 2.53. The zero-order chi connectivity index (χ0) is 43.5. The highest BCUT2D eigenvalue weighted by Gasteiger charge is 2.31. The van der Waals surface area contributed by atoms with Gasteiger partial charge in [-0.05, 0) is 61.9 Å². The van der Waals surface area contributed by atoms with Gasteiger partial charge in [0, 0.05) is 54.4 Å². The van der Waals surface area contributed by atoms with Crippen LogP contribution in [0.5, 0.6) is 0 Å². The lowest BCUT2D eigenvalue weighted by Gasteiger charge is -2.23. The van der Waals surface area contributed by atoms with E-state index in [9.17, 15) is 37.1 Å². The predicted molar refractivity (Wildman–Crippen MR) is 215 cm³/mol. The number of amides is 4. The van der Waals surface area contributed by atoms with E-state index >= 15 is 0 Å². The molecule has 1 unspecified atom stereocenters. The number of ether oxygens (including phenoxy) is 4. The average Bonchev–Trinajstić information content (AvgIpc) is 3.77. The smallest absolute Gasteiger partial charge is 0.382 e. The first kappa shape index (κ1) is 44.3. The Morgan fingerprint density at radius 1 is 0.852 bits per heavy atom. The monoisotopic (exact) mass is 850 g/mol. The fraction of sp³-hybridized carbons (Fsp3) is 0.390. The van der Waals surface area contributed by atoms with E-state index < -0.39 is 35.5 Å². The maximum atomic E-state index is 13.2. The molecular formula is C41H45F3N8O9. The Kier molecular flexibility index (Phi) is 14.8. The highest BCUT2D eigenvalue weighted by molar-refractivity contribution is 6.12. The van der Waals surface area contributed by atoms with E-state index in [4.69, 9.17) is 18.9 Å². The van der Waals surface area contributed by atoms with Crippen molar-refractivity contribution in [3.05, 3.63) is 82.9 Å². The minimum atomic E-state index is -4.46. The number of aryl methyl sites for hydroxylation is 1. The first-order valence-electron chi connectivity index (χ1n) is 19.5. The number of imide groups is 1. The van der Waals surface area contributed by atoms with Gasteiger partial charge in [-0.2, -0.15) is 13.2 Å². The molecule has 0 saturated carbocycles. The Morgan fingerprint density at radius 2 is 1.51 bits per heavy atom. The van der Waals surface area contributed by atoms with Crippen LogP contribution in [0, 0.1) is 0 Å². The van der Waals surface area contributed by atoms with Crippen molar-refractivity contribution in [3.63, 3.8) is 0 Å². The Morgan fingerprint density at radius 3 is 2.15 bits per heavy atom. The lowest BCUT2D eigenvalue weighted by Crippen LogP contribution is -2.52. The Balaban J connectivity index is 0.828. The highest BCUT2D eigenvalue weighted by atomic mass is 19.4. The second-order valence-electron chi connectivity index (χ2n) is 13.9. The molecule has 1 aliphatic rings. The summed E-state index contributed by atoms with van der Waals surface area (Å²) in [6.45, 7) is 4.35. The average molecular weight is 851 g/mol. The number of carbonyl (C=O) groups excluding carboxylic acids is 5. The van der Waals surface area contributed by atoms with Crippen LogP contribution in [-0.4, -0.2) is 121 Å². The number of hydrogen-bond donors (Lipinski definition) is 4. The zero-order valence-electron chi connectivity index (χ0n) is 33.4. The quantitative estimate of drug-likeness (QED) is 0.0475. The van der Waals surface area contributed by atoms with Gasteiger partial charge in [-0.15, -0.1) is 5.10 Å². The largest absolute Gasteiger partial charge is 0.416 e. The van der Waals surface area contributed by atoms with Crippen molar-refractivity contribution < 1.29 is 56.1 Å². The van der Waals surface area contributed by atoms with Gasteiger partial charge < -0.3 is 34.9 Å². The number of nitrogens with zero attached hydrogens (tertiary/aromatic N) is 4. The van der Waals surface area contributed by atoms with Crippen LogP contribution in [0.25, 0.3) is 27.8 Å². The second kappa shape index (κ2) is 20.4. The first-order valence-corrected chi connectivity index (χ1v) is 19.5. The maximum absolute atomic E-state index is 13.2. The molecule has 17 nitrogen and oxygen atoms in total. The number of aromatic nitrogens is 4. The van der Waals surface area contributed by atoms with Crippen molar-refractivity contribution in [2.75, 3.05) is 71.3 Å². The fourth-order valence-electron chi connectivity index (χ4n) is 6.67. The molecule has 0 radical (unpaired) electrons. The number of Topliss-reactive ketones (excluding diaryl/α,β-unsaturated/α-hetero) is 1. The zero-order valence-corrected chi connectivity index (χ0v) is 33.4. The number of piperidine rings is 1. The van der Waals surface area contributed by atoms with Crippen LogP contribution < -0.4 is 21.3 Å². The summed E-state index contributed by atoms with van der Waals surface area (Å²) in [6.07, 6.45) is -4.19. The van der Waals surface area contributed by atoms with Gasteiger partial charge in [-0.1, -0.05) is 17.3 Å². The number of carbonyl (C=O) groups is 5. The summed E-state index contributed by atoms with van der Waals surface area (Å²) >= 11 is 0. The number of rotatable bonds is 21. The van der Waals surface area contributed by atoms with Gasteiger partial charge >= 0.3 is 6.18 Å². The molecule has 3 heterocycles. The summed E-state index contributed by atoms with van der Waals surface area (Å²) in [5, 5.41) is 19.7. The van der Waals surface area contributed by atoms with Crippen LogP contribution in [-0.2, 0) is 41.8 Å². The second-order valence-corrected chi connectivity index (χ2v) is 13.9. The molecule has 0 aliphatic carbocycles. The van der Waals surface area contributed by atoms with Gasteiger partial charge in [0.05, 0.1) is 69.5 Å². The summed E-state index contributed by atoms with van der Waals surface area (Å²) < 4.78 is 65.0. The molecule has 0 spiro atoms. The van der Waals surface area contributed by atoms with Crippen LogP contribution >= 0.6 is 0 Å². The number of benzene rings is 3. The van der Waals surface area contributed by atoms with Crippen LogP contribution in [0.2, 0.25) is 0 Å². The van der Waals surface area contributed by atoms with Gasteiger partial charge in [0.25, 0.3) is 11.8 Å². The van der Waals surface area contributed by atoms with E-state index in [1.807, 2.05) is 0 Å². The molecule has 6 rings (SSSR count). The molecule has 20 heteroatoms. The number of alkyl halides is 3. The lowest BCUT2D eigenvalue weighted by atomic mass is 9.99. The van der Waals surface area contributed by atoms with Crippen molar-refractivity contribution >= 4 is 57.2 Å². The third-order valence-electron chi connectivity index (χ3n) is 9.64. The SMILES string of the molecule is CC(=O)c1cccc(NCCOCCOCCOCCOCCNC(=O)c2ccc3c(c2)c2nnn(C)c2n3-c2ccc(C(F)(F)F)cc2)c1C(=O)NC1CCC(=O)NC1=O. The van der Waals surface area contributed by atoms with Gasteiger partial charge in [0.2, 0.25) is 11.8 Å². The maximum Gasteiger partial charge on any atom is 0.416 e. The first-order chi connectivity index (χ1) is 29.3. The Hall–Kier alpha value is -6.22. The van der Waals surface area contributed by atoms with Gasteiger partial charge in [0.1, 0.15) is 11.6 Å². The molecule has 1 saturated heterocycles. The Labute approximate surface area is 347 Å². The molecule has 61 heavy (non-hydrogen) atoms. The molecule has 1 fully saturated rings. The normalized spacial score (nSPS) is 14.3. The minimum absolute atomic E-state index is 0.101. The summed E-state index contributed by atoms with van der Waals surface area (Å²) in [7, 11) is 1.68. The number of hydrogen-bond acceptors (Lipinski definition) is 12. The number of halogens is 3. The lowest BCUT2D eigenvalue weighted by molar-refractivity contribution is -0.138. The summed E-state index contributed by atoms with van der Waals surface area (Å²) in [6, 6.07) is 13.8. The Bertz CT molecular complexity index is 2380. The van der Waals surface area contributed by atoms with E-state index in [1.54, 1.807) is 41.9 Å². The minimum Gasteiger partial charge on any atom is -0.382 e. The molecule has 2 aromatic heterocycles. The molecule has 4 N–H and O–H groups in total. The van der Waals surface area contributed by atoms with Crippen molar-refractivity contribution in [1.29, 1.82) is 0 Å². The molecule has 0 bridgehead atoms. The number of nitrogens with one attached hydrogen (secondary N) is 4. The topological polar surface area (TPSA) is 206 Å². The van der Waals surface area contributed by atoms with Crippen LogP contribution in [0.1, 0.15) is 56.4 Å². The highest BCUT2D eigenvalue weighted by Crippen LogP contribution is 2.34. The van der Waals surface area contributed by atoms with E-state index in [1.165, 1.54) is 29.8 Å². The molecular weight excluding hydrogens is 805 g/mol. The summed E-state index contributed by atoms with van der Waals surface area (Å²) in [5.74, 6) is -2.25. The van der Waals surface area contributed by atoms with Crippen LogP contribution in [0.3, 0.4) is 0 Å². The van der Waals surface area contributed by atoms with E-state index in [0.717, 1.165) is 12.1 Å². The molecule has 1 aliphatic heterocycles. The van der Waals surface area contributed by atoms with E-state index in [2.05, 4.69) is 31.6 Å². The van der Waals surface area contributed by atoms with Gasteiger partial charge in [-0.3, -0.25) is 33.9 Å². The van der Waals surface area contributed by atoms with Crippen molar-refractivity contribution in [1.82, 2.24) is 35.5 Å². The third kappa shape index (κ3) is 11.1. The number of anilines is 1. The third-order valence-corrected chi connectivity index (χ3v) is 9.64. The standard InChI is InChI=1S/C41H45F3N8O9/c1-25(53)29-4-3-5-31(35(29)39(57)47-32-11-13-34(54)48-38(32)56)45-14-16-58-18-20-60-22-23-61-21-19-59-17-15-46-37(55)26-6-12-33-30(24-26)36-40(51(2)50-49-36)52(33)28-9-7-27(8-10-28)41(42,43)44/h3-10,12,24,32,45H,11,13-23H2,1-2H3,(H,46,55)(H,47,57)(H,48,54,56). The molecule has 4 amide bonds. The number of ketones is 1. The summed E-state index contributed by atoms with van der Waals surface area (Å²) in [4.78, 5) is 62.0. The van der Waals surface area contributed by atoms with E-state index in [-0.39, 0.29) is 55.4 Å². The van der Waals surface area contributed by atoms with E-state index in [0.29, 0.717) is 85.2 Å². The molecule has 3 aromatic carbocycles. The van der Waals surface area contributed by atoms with Crippen molar-refractivity contribution in [3.8, 4) is 5.69 Å². The molecule has 1 atom stereocenters. The van der Waals surface area contributed by atoms with Crippen molar-refractivity contribution in [2.45, 2.75) is 32.0 Å². The van der Waals surface area contributed by atoms with Gasteiger partial charge in [0.15, 0.2) is 11.4 Å². The van der Waals surface area contributed by atoms with Crippen molar-refractivity contribution in [2.24, 2.45) is 7.05 Å². The molecule has 324 valence electrons. The van der Waals surface area contributed by atoms with Gasteiger partial charge in [-0.25, -0.2) is 4.68 Å².